The van der Waals surface area contributed by atoms with Crippen LogP contribution >= 0.6 is 0 Å². The van der Waals surface area contributed by atoms with Crippen LogP contribution in [0.15, 0.2) is 0 Å². The van der Waals surface area contributed by atoms with E-state index in [-0.39, 0.29) is 6.54 Å². The number of amides is 1. The van der Waals surface area contributed by atoms with E-state index in [2.05, 4.69) is 10.6 Å². The van der Waals surface area contributed by atoms with E-state index < -0.39 is 11.6 Å². The van der Waals surface area contributed by atoms with Crippen molar-refractivity contribution in [3.8, 4) is 0 Å². The van der Waals surface area contributed by atoms with Gasteiger partial charge < -0.3 is 10.6 Å². The van der Waals surface area contributed by atoms with Gasteiger partial charge in [0, 0.05) is 13.1 Å². The van der Waals surface area contributed by atoms with E-state index in [1.165, 1.54) is 0 Å². The monoisotopic (exact) mass is 202 g/mol. The highest BCUT2D eigenvalue weighted by atomic mass is 19.1. The van der Waals surface area contributed by atoms with Crippen molar-refractivity contribution in [1.82, 2.24) is 10.6 Å². The number of halogens is 1. The number of carbonyl (C=O) groups is 1. The highest BCUT2D eigenvalue weighted by Gasteiger charge is 2.39. The summed E-state index contributed by atoms with van der Waals surface area (Å²) in [5.74, 6) is -0.0995. The Bertz CT molecular complexity index is 200. The van der Waals surface area contributed by atoms with Gasteiger partial charge in [-0.05, 0) is 25.3 Å². The van der Waals surface area contributed by atoms with Gasteiger partial charge in [0.25, 0.3) is 5.91 Å². The molecule has 3 nitrogen and oxygen atoms in total. The standard InChI is InChI=1S/C10H19FN2O/c1-8(2)6-13-9(14)10(11)4-3-5-12-7-10/h8,12H,3-7H2,1-2H3,(H,13,14)/t10-/m0/s1. The Balaban J connectivity index is 2.41. The molecule has 1 rings (SSSR count). The number of alkyl halides is 1. The van der Waals surface area contributed by atoms with Crippen LogP contribution in [0.2, 0.25) is 0 Å². The number of hydrogen-bond acceptors (Lipinski definition) is 2. The number of piperidine rings is 1. The summed E-state index contributed by atoms with van der Waals surface area (Å²) in [4.78, 5) is 11.5. The Kier molecular flexibility index (Phi) is 3.86. The molecule has 14 heavy (non-hydrogen) atoms. The third kappa shape index (κ3) is 2.94. The van der Waals surface area contributed by atoms with Gasteiger partial charge in [-0.3, -0.25) is 4.79 Å². The maximum absolute atomic E-state index is 13.9. The number of nitrogens with one attached hydrogen (secondary N) is 2. The number of hydrogen-bond donors (Lipinski definition) is 2. The summed E-state index contributed by atoms with van der Waals surface area (Å²) in [6, 6.07) is 0. The lowest BCUT2D eigenvalue weighted by molar-refractivity contribution is -0.134. The van der Waals surface area contributed by atoms with E-state index >= 15 is 0 Å². The summed E-state index contributed by atoms with van der Waals surface area (Å²) < 4.78 is 13.9. The number of carbonyl (C=O) groups excluding carboxylic acids is 1. The average Bonchev–Trinajstić information content (AvgIpc) is 2.15. The van der Waals surface area contributed by atoms with Crippen LogP contribution in [0.4, 0.5) is 4.39 Å². The summed E-state index contributed by atoms with van der Waals surface area (Å²) in [6.45, 7) is 5.49. The minimum absolute atomic E-state index is 0.150. The summed E-state index contributed by atoms with van der Waals surface area (Å²) in [5, 5.41) is 5.55. The van der Waals surface area contributed by atoms with Crippen molar-refractivity contribution in [1.29, 1.82) is 0 Å². The predicted molar refractivity (Wildman–Crippen MR) is 53.8 cm³/mol. The molecule has 0 aromatic heterocycles. The zero-order valence-electron chi connectivity index (χ0n) is 8.90. The molecule has 4 heteroatoms. The molecule has 0 bridgehead atoms. The van der Waals surface area contributed by atoms with Crippen LogP contribution in [-0.4, -0.2) is 31.2 Å². The molecule has 1 aliphatic rings. The molecule has 82 valence electrons. The van der Waals surface area contributed by atoms with E-state index in [1.807, 2.05) is 13.8 Å². The van der Waals surface area contributed by atoms with Crippen molar-refractivity contribution in [2.75, 3.05) is 19.6 Å². The van der Waals surface area contributed by atoms with Crippen molar-refractivity contribution in [3.05, 3.63) is 0 Å². The molecule has 0 aromatic rings. The van der Waals surface area contributed by atoms with Gasteiger partial charge in [0.15, 0.2) is 0 Å². The first-order chi connectivity index (χ1) is 6.54. The van der Waals surface area contributed by atoms with Crippen LogP contribution in [-0.2, 0) is 4.79 Å². The quantitative estimate of drug-likeness (QED) is 0.712. The summed E-state index contributed by atoms with van der Waals surface area (Å²) in [5.41, 5.74) is -1.69. The van der Waals surface area contributed by atoms with Crippen LogP contribution in [0.25, 0.3) is 0 Å². The van der Waals surface area contributed by atoms with Crippen molar-refractivity contribution in [2.45, 2.75) is 32.4 Å². The molecule has 0 aliphatic carbocycles. The van der Waals surface area contributed by atoms with Crippen molar-refractivity contribution in [2.24, 2.45) is 5.92 Å². The summed E-state index contributed by atoms with van der Waals surface area (Å²) >= 11 is 0. The second-order valence-electron chi connectivity index (χ2n) is 4.35. The third-order valence-electron chi connectivity index (χ3n) is 2.41. The lowest BCUT2D eigenvalue weighted by Gasteiger charge is -2.29. The smallest absolute Gasteiger partial charge is 0.259 e. The van der Waals surface area contributed by atoms with Gasteiger partial charge in [0.2, 0.25) is 5.67 Å². The summed E-state index contributed by atoms with van der Waals surface area (Å²) in [7, 11) is 0. The third-order valence-corrected chi connectivity index (χ3v) is 2.41. The minimum atomic E-state index is -1.69. The highest BCUT2D eigenvalue weighted by Crippen LogP contribution is 2.20. The molecule has 0 aromatic carbocycles. The van der Waals surface area contributed by atoms with Gasteiger partial charge in [0.1, 0.15) is 0 Å². The van der Waals surface area contributed by atoms with Crippen molar-refractivity contribution >= 4 is 5.91 Å². The Labute approximate surface area is 84.4 Å². The molecule has 1 amide bonds. The van der Waals surface area contributed by atoms with Gasteiger partial charge >= 0.3 is 0 Å². The van der Waals surface area contributed by atoms with Crippen LogP contribution in [0.1, 0.15) is 26.7 Å². The van der Waals surface area contributed by atoms with Crippen molar-refractivity contribution < 1.29 is 9.18 Å². The molecule has 2 N–H and O–H groups in total. The lowest BCUT2D eigenvalue weighted by atomic mass is 9.95. The Morgan fingerprint density at radius 3 is 2.86 bits per heavy atom. The fourth-order valence-corrected chi connectivity index (χ4v) is 1.52. The molecule has 1 atom stereocenters. The fraction of sp³-hybridized carbons (Fsp3) is 0.900. The van der Waals surface area contributed by atoms with Crippen LogP contribution in [0, 0.1) is 5.92 Å². The Hall–Kier alpha value is -0.640. The second kappa shape index (κ2) is 4.73. The molecule has 0 saturated carbocycles. The van der Waals surface area contributed by atoms with Gasteiger partial charge in [-0.15, -0.1) is 0 Å². The zero-order valence-corrected chi connectivity index (χ0v) is 8.90. The maximum Gasteiger partial charge on any atom is 0.259 e. The Morgan fingerprint density at radius 2 is 2.36 bits per heavy atom. The minimum Gasteiger partial charge on any atom is -0.353 e. The molecular weight excluding hydrogens is 183 g/mol. The summed E-state index contributed by atoms with van der Waals surface area (Å²) in [6.07, 6.45) is 1.07. The molecular formula is C10H19FN2O. The largest absolute Gasteiger partial charge is 0.353 e. The molecule has 1 fully saturated rings. The van der Waals surface area contributed by atoms with E-state index in [0.29, 0.717) is 18.9 Å². The SMILES string of the molecule is CC(C)CNC(=O)[C@]1(F)CCCNC1. The molecule has 1 heterocycles. The maximum atomic E-state index is 13.9. The first-order valence-electron chi connectivity index (χ1n) is 5.22. The average molecular weight is 202 g/mol. The molecule has 1 aliphatic heterocycles. The number of rotatable bonds is 3. The zero-order chi connectivity index (χ0) is 10.6. The van der Waals surface area contributed by atoms with E-state index in [4.69, 9.17) is 0 Å². The second-order valence-corrected chi connectivity index (χ2v) is 4.35. The lowest BCUT2D eigenvalue weighted by Crippen LogP contribution is -2.53. The fourth-order valence-electron chi connectivity index (χ4n) is 1.52. The molecule has 0 radical (unpaired) electrons. The van der Waals surface area contributed by atoms with Gasteiger partial charge in [-0.25, -0.2) is 4.39 Å². The van der Waals surface area contributed by atoms with E-state index in [0.717, 1.165) is 13.0 Å². The topological polar surface area (TPSA) is 41.1 Å². The van der Waals surface area contributed by atoms with Crippen molar-refractivity contribution in [3.63, 3.8) is 0 Å². The first-order valence-corrected chi connectivity index (χ1v) is 5.22. The molecule has 0 unspecified atom stereocenters. The van der Waals surface area contributed by atoms with E-state index in [1.54, 1.807) is 0 Å². The Morgan fingerprint density at radius 1 is 1.64 bits per heavy atom. The molecule has 0 spiro atoms. The highest BCUT2D eigenvalue weighted by molar-refractivity contribution is 5.85. The first kappa shape index (κ1) is 11.4. The molecule has 1 saturated heterocycles. The van der Waals surface area contributed by atoms with Gasteiger partial charge in [-0.1, -0.05) is 13.8 Å². The van der Waals surface area contributed by atoms with E-state index in [9.17, 15) is 9.18 Å². The normalized spacial score (nSPS) is 27.7. The van der Waals surface area contributed by atoms with Crippen LogP contribution in [0.5, 0.6) is 0 Å². The van der Waals surface area contributed by atoms with Crippen LogP contribution < -0.4 is 10.6 Å². The van der Waals surface area contributed by atoms with Crippen LogP contribution in [0.3, 0.4) is 0 Å². The van der Waals surface area contributed by atoms with Gasteiger partial charge in [-0.2, -0.15) is 0 Å². The predicted octanol–water partition coefficient (Wildman–Crippen LogP) is 0.850. The van der Waals surface area contributed by atoms with Gasteiger partial charge in [0.05, 0.1) is 0 Å².